The first-order valence-electron chi connectivity index (χ1n) is 6.28. The number of carbonyl (C=O) groups excluding carboxylic acids is 1. The zero-order chi connectivity index (χ0) is 16.1. The van der Waals surface area contributed by atoms with E-state index in [0.717, 1.165) is 0 Å². The fraction of sp³-hybridized carbons (Fsp3) is 0.133. The van der Waals surface area contributed by atoms with Gasteiger partial charge in [0.05, 0.1) is 24.3 Å². The molecule has 116 valence electrons. The number of benzene rings is 2. The molecule has 7 heteroatoms. The summed E-state index contributed by atoms with van der Waals surface area (Å²) >= 11 is 11.7. The highest BCUT2D eigenvalue weighted by atomic mass is 35.5. The topological polar surface area (TPSA) is 59.6 Å². The molecule has 0 aliphatic carbocycles. The van der Waals surface area contributed by atoms with Gasteiger partial charge in [-0.2, -0.15) is 0 Å². The van der Waals surface area contributed by atoms with Gasteiger partial charge in [0.15, 0.2) is 0 Å². The first-order valence-corrected chi connectivity index (χ1v) is 7.03. The average Bonchev–Trinajstić information content (AvgIpc) is 2.50. The summed E-state index contributed by atoms with van der Waals surface area (Å²) in [4.78, 5) is 12.0. The Labute approximate surface area is 138 Å². The minimum Gasteiger partial charge on any atom is -0.497 e. The van der Waals surface area contributed by atoms with Crippen LogP contribution >= 0.6 is 23.2 Å². The Bertz CT molecular complexity index is 670. The summed E-state index contributed by atoms with van der Waals surface area (Å²) in [6, 6.07) is 9.47. The molecule has 0 fully saturated rings. The Balaban J connectivity index is 2.09. The monoisotopic (exact) mass is 340 g/mol. The second-order valence-electron chi connectivity index (χ2n) is 4.31. The van der Waals surface area contributed by atoms with Crippen molar-refractivity contribution in [2.75, 3.05) is 24.9 Å². The van der Waals surface area contributed by atoms with Crippen molar-refractivity contribution in [1.82, 2.24) is 0 Å². The van der Waals surface area contributed by atoms with Crippen molar-refractivity contribution >= 4 is 40.6 Å². The standard InChI is InChI=1S/C15H14Cl2N2O3/c1-21-11-5-10(6-12(8-11)22-2)19-15(20)18-9-3-4-13(16)14(17)7-9/h3-8H,1-2H3,(H2,18,19,20). The van der Waals surface area contributed by atoms with Crippen molar-refractivity contribution in [3.05, 3.63) is 46.4 Å². The number of halogens is 2. The van der Waals surface area contributed by atoms with Gasteiger partial charge in [0.25, 0.3) is 0 Å². The van der Waals surface area contributed by atoms with Gasteiger partial charge in [0.2, 0.25) is 0 Å². The highest BCUT2D eigenvalue weighted by Gasteiger charge is 2.07. The second kappa shape index (κ2) is 7.24. The van der Waals surface area contributed by atoms with Crippen LogP contribution in [0.5, 0.6) is 11.5 Å². The number of anilines is 2. The van der Waals surface area contributed by atoms with Crippen molar-refractivity contribution in [1.29, 1.82) is 0 Å². The third-order valence-corrected chi connectivity index (χ3v) is 3.53. The van der Waals surface area contributed by atoms with E-state index >= 15 is 0 Å². The molecule has 2 N–H and O–H groups in total. The quantitative estimate of drug-likeness (QED) is 0.851. The molecule has 0 saturated heterocycles. The number of ether oxygens (including phenoxy) is 2. The fourth-order valence-corrected chi connectivity index (χ4v) is 2.05. The number of carbonyl (C=O) groups is 1. The van der Waals surface area contributed by atoms with Gasteiger partial charge in [-0.25, -0.2) is 4.79 Å². The molecule has 0 atom stereocenters. The second-order valence-corrected chi connectivity index (χ2v) is 5.12. The highest BCUT2D eigenvalue weighted by Crippen LogP contribution is 2.27. The van der Waals surface area contributed by atoms with Crippen molar-refractivity contribution in [3.8, 4) is 11.5 Å². The van der Waals surface area contributed by atoms with Gasteiger partial charge in [0.1, 0.15) is 11.5 Å². The van der Waals surface area contributed by atoms with Gasteiger partial charge in [-0.3, -0.25) is 0 Å². The maximum absolute atomic E-state index is 12.0. The van der Waals surface area contributed by atoms with Crippen LogP contribution < -0.4 is 20.1 Å². The van der Waals surface area contributed by atoms with Crippen molar-refractivity contribution in [2.24, 2.45) is 0 Å². The third kappa shape index (κ3) is 4.19. The summed E-state index contributed by atoms with van der Waals surface area (Å²) < 4.78 is 10.3. The van der Waals surface area contributed by atoms with Crippen molar-refractivity contribution < 1.29 is 14.3 Å². The number of hydrogen-bond acceptors (Lipinski definition) is 3. The molecule has 0 bridgehead atoms. The van der Waals surface area contributed by atoms with E-state index < -0.39 is 6.03 Å². The minimum absolute atomic E-state index is 0.363. The largest absolute Gasteiger partial charge is 0.497 e. The summed E-state index contributed by atoms with van der Waals surface area (Å²) in [5.74, 6) is 1.15. The Kier molecular flexibility index (Phi) is 5.35. The maximum atomic E-state index is 12.0. The molecule has 22 heavy (non-hydrogen) atoms. The molecule has 5 nitrogen and oxygen atoms in total. The number of amides is 2. The molecule has 0 saturated carbocycles. The van der Waals surface area contributed by atoms with E-state index in [-0.39, 0.29) is 0 Å². The molecule has 0 heterocycles. The van der Waals surface area contributed by atoms with E-state index in [1.54, 1.807) is 36.4 Å². The van der Waals surface area contributed by atoms with Gasteiger partial charge < -0.3 is 20.1 Å². The molecule has 2 amide bonds. The molecule has 2 rings (SSSR count). The fourth-order valence-electron chi connectivity index (χ4n) is 1.75. The van der Waals surface area contributed by atoms with Crippen LogP contribution in [0, 0.1) is 0 Å². The Morgan fingerprint density at radius 2 is 1.45 bits per heavy atom. The lowest BCUT2D eigenvalue weighted by molar-refractivity contribution is 0.262. The lowest BCUT2D eigenvalue weighted by Crippen LogP contribution is -2.19. The predicted octanol–water partition coefficient (Wildman–Crippen LogP) is 4.65. The van der Waals surface area contributed by atoms with Crippen LogP contribution in [0.4, 0.5) is 16.2 Å². The summed E-state index contributed by atoms with van der Waals surface area (Å²) in [5, 5.41) is 6.13. The van der Waals surface area contributed by atoms with E-state index in [1.807, 2.05) is 0 Å². The lowest BCUT2D eigenvalue weighted by Gasteiger charge is -2.11. The first-order chi connectivity index (χ1) is 10.5. The van der Waals surface area contributed by atoms with Crippen molar-refractivity contribution in [3.63, 3.8) is 0 Å². The van der Waals surface area contributed by atoms with E-state index in [4.69, 9.17) is 32.7 Å². The SMILES string of the molecule is COc1cc(NC(=O)Nc2ccc(Cl)c(Cl)c2)cc(OC)c1. The predicted molar refractivity (Wildman–Crippen MR) is 88.6 cm³/mol. The van der Waals surface area contributed by atoms with E-state index in [1.165, 1.54) is 14.2 Å². The van der Waals surface area contributed by atoms with Crippen LogP contribution in [0.2, 0.25) is 10.0 Å². The number of rotatable bonds is 4. The van der Waals surface area contributed by atoms with Crippen LogP contribution in [0.1, 0.15) is 0 Å². The molecule has 0 unspecified atom stereocenters. The Morgan fingerprint density at radius 1 is 0.864 bits per heavy atom. The van der Waals surface area contributed by atoms with E-state index in [0.29, 0.717) is 32.9 Å². The van der Waals surface area contributed by atoms with Crippen LogP contribution in [0.15, 0.2) is 36.4 Å². The lowest BCUT2D eigenvalue weighted by atomic mass is 10.2. The number of urea groups is 1. The first kappa shape index (κ1) is 16.3. The minimum atomic E-state index is -0.423. The smallest absolute Gasteiger partial charge is 0.323 e. The van der Waals surface area contributed by atoms with Gasteiger partial charge in [-0.05, 0) is 18.2 Å². The molecular formula is C15H14Cl2N2O3. The van der Waals surface area contributed by atoms with Gasteiger partial charge in [-0.15, -0.1) is 0 Å². The van der Waals surface area contributed by atoms with E-state index in [2.05, 4.69) is 10.6 Å². The number of methoxy groups -OCH3 is 2. The molecular weight excluding hydrogens is 327 g/mol. The Hall–Kier alpha value is -2.11. The summed E-state index contributed by atoms with van der Waals surface area (Å²) in [5.41, 5.74) is 1.07. The maximum Gasteiger partial charge on any atom is 0.323 e. The van der Waals surface area contributed by atoms with Gasteiger partial charge in [0, 0.05) is 29.6 Å². The molecule has 0 aromatic heterocycles. The van der Waals surface area contributed by atoms with Gasteiger partial charge in [-0.1, -0.05) is 23.2 Å². The summed E-state index contributed by atoms with van der Waals surface area (Å²) in [7, 11) is 3.07. The summed E-state index contributed by atoms with van der Waals surface area (Å²) in [6.45, 7) is 0. The molecule has 0 aliphatic heterocycles. The van der Waals surface area contributed by atoms with Crippen LogP contribution in [-0.2, 0) is 0 Å². The van der Waals surface area contributed by atoms with Crippen molar-refractivity contribution in [2.45, 2.75) is 0 Å². The van der Waals surface area contributed by atoms with E-state index in [9.17, 15) is 4.79 Å². The molecule has 0 radical (unpaired) electrons. The molecule has 0 aliphatic rings. The van der Waals surface area contributed by atoms with Crippen LogP contribution in [0.3, 0.4) is 0 Å². The zero-order valence-corrected chi connectivity index (χ0v) is 13.5. The molecule has 0 spiro atoms. The van der Waals surface area contributed by atoms with Crippen LogP contribution in [-0.4, -0.2) is 20.3 Å². The third-order valence-electron chi connectivity index (χ3n) is 2.79. The summed E-state index contributed by atoms with van der Waals surface area (Å²) in [6.07, 6.45) is 0. The number of nitrogens with one attached hydrogen (secondary N) is 2. The van der Waals surface area contributed by atoms with Crippen LogP contribution in [0.25, 0.3) is 0 Å². The molecule has 2 aromatic rings. The number of hydrogen-bond donors (Lipinski definition) is 2. The highest BCUT2D eigenvalue weighted by molar-refractivity contribution is 6.42. The molecule has 2 aromatic carbocycles. The van der Waals surface area contributed by atoms with Gasteiger partial charge >= 0.3 is 6.03 Å². The normalized spacial score (nSPS) is 10.0. The Morgan fingerprint density at radius 3 is 2.00 bits per heavy atom. The zero-order valence-electron chi connectivity index (χ0n) is 11.9. The average molecular weight is 341 g/mol.